The van der Waals surface area contributed by atoms with Crippen LogP contribution >= 0.6 is 11.3 Å². The second kappa shape index (κ2) is 14.2. The molecule has 5 aromatic carbocycles. The Labute approximate surface area is 309 Å². The summed E-state index contributed by atoms with van der Waals surface area (Å²) in [6, 6.07) is 39.8. The summed E-state index contributed by atoms with van der Waals surface area (Å²) in [7, 11) is 0. The van der Waals surface area contributed by atoms with E-state index < -0.39 is 25.0 Å². The molecule has 0 aliphatic carbocycles. The van der Waals surface area contributed by atoms with Crippen molar-refractivity contribution in [3.8, 4) is 22.5 Å². The van der Waals surface area contributed by atoms with Gasteiger partial charge in [0.25, 0.3) is 0 Å². The number of halogens is 1. The largest absolute Gasteiger partial charge is 0.302 e. The van der Waals surface area contributed by atoms with Gasteiger partial charge >= 0.3 is 106 Å². The van der Waals surface area contributed by atoms with Gasteiger partial charge in [-0.1, -0.05) is 61.7 Å². The van der Waals surface area contributed by atoms with Crippen LogP contribution in [0.1, 0.15) is 32.2 Å². The number of aryl methyl sites for hydroxylation is 1. The van der Waals surface area contributed by atoms with Crippen molar-refractivity contribution in [3.05, 3.63) is 139 Å². The Morgan fingerprint density at radius 1 is 0.755 bits per heavy atom. The fourth-order valence-electron chi connectivity index (χ4n) is 6.43. The molecule has 1 radical (unpaired) electrons. The van der Waals surface area contributed by atoms with Crippen LogP contribution in [0.4, 0.5) is 4.39 Å². The van der Waals surface area contributed by atoms with Crippen molar-refractivity contribution >= 4 is 70.7 Å². The zero-order chi connectivity index (χ0) is 34.5. The van der Waals surface area contributed by atoms with E-state index in [0.717, 1.165) is 26.9 Å². The minimum Gasteiger partial charge on any atom is -0.302 e. The van der Waals surface area contributed by atoms with E-state index in [9.17, 15) is 4.39 Å². The Kier molecular flexibility index (Phi) is 9.81. The molecule has 0 saturated carbocycles. The number of rotatable bonds is 4. The first-order chi connectivity index (χ1) is 23.4. The molecule has 0 amide bonds. The van der Waals surface area contributed by atoms with E-state index in [4.69, 9.17) is 1.37 Å². The van der Waals surface area contributed by atoms with E-state index in [1.54, 1.807) is 31.3 Å². The molecule has 49 heavy (non-hydrogen) atoms. The topological polar surface area (TPSA) is 25.8 Å². The number of nitrogens with zero attached hydrogens (tertiary/aromatic N) is 2. The summed E-state index contributed by atoms with van der Waals surface area (Å²) in [5, 5.41) is 7.28. The molecule has 247 valence electrons. The van der Waals surface area contributed by atoms with Crippen LogP contribution in [0, 0.1) is 24.9 Å². The van der Waals surface area contributed by atoms with E-state index in [0.29, 0.717) is 11.3 Å². The van der Waals surface area contributed by atoms with Crippen molar-refractivity contribution < 1.29 is 25.9 Å². The number of aromatic nitrogens is 2. The molecule has 0 aliphatic rings. The van der Waals surface area contributed by atoms with Gasteiger partial charge < -0.3 is 4.98 Å². The van der Waals surface area contributed by atoms with Gasteiger partial charge in [-0.15, -0.1) is 23.8 Å². The molecule has 3 aromatic heterocycles. The normalized spacial score (nSPS) is 12.1. The number of benzene rings is 5. The average molecular weight is 899 g/mol. The molecule has 3 heterocycles. The third-order valence-corrected chi connectivity index (χ3v) is 14.5. The van der Waals surface area contributed by atoms with Crippen LogP contribution in [-0.2, 0) is 20.1 Å². The van der Waals surface area contributed by atoms with Crippen molar-refractivity contribution in [2.75, 3.05) is 0 Å². The SMILES string of the molecule is Cc1cc(-c2[c-]cccc2)nc[c]1[Ge]([CH3])([CH3])[CH3].[2H]C(C)(C)c1cc(-c2[c-]ccc3c2sc2cc4c(ccc5ccccc54)cc23)ncc1F.[Ir]. The smallest absolute Gasteiger partial charge is 0.143 e. The van der Waals surface area contributed by atoms with E-state index in [2.05, 4.69) is 119 Å². The predicted molar refractivity (Wildman–Crippen MR) is 207 cm³/mol. The maximum absolute atomic E-state index is 14.4. The van der Waals surface area contributed by atoms with Gasteiger partial charge in [0.15, 0.2) is 0 Å². The quantitative estimate of drug-likeness (QED) is 0.0999. The van der Waals surface area contributed by atoms with Gasteiger partial charge in [0.1, 0.15) is 5.82 Å². The van der Waals surface area contributed by atoms with Gasteiger partial charge in [0, 0.05) is 26.2 Å². The summed E-state index contributed by atoms with van der Waals surface area (Å²) < 4.78 is 26.4. The predicted octanol–water partition coefficient (Wildman–Crippen LogP) is 11.9. The van der Waals surface area contributed by atoms with Crippen LogP contribution in [0.2, 0.25) is 17.3 Å². The number of fused-ring (bicyclic) bond motifs is 6. The molecule has 0 bridgehead atoms. The molecular weight excluding hydrogens is 860 g/mol. The van der Waals surface area contributed by atoms with Gasteiger partial charge in [0.2, 0.25) is 0 Å². The number of thiophene rings is 1. The van der Waals surface area contributed by atoms with Crippen molar-refractivity contribution in [2.24, 2.45) is 0 Å². The summed E-state index contributed by atoms with van der Waals surface area (Å²) in [5.41, 5.74) is 5.31. The first-order valence-electron chi connectivity index (χ1n) is 16.7. The third-order valence-electron chi connectivity index (χ3n) is 8.85. The number of hydrogen-bond donors (Lipinski definition) is 0. The van der Waals surface area contributed by atoms with Crippen molar-refractivity contribution in [1.82, 2.24) is 9.97 Å². The second-order valence-electron chi connectivity index (χ2n) is 13.5. The summed E-state index contributed by atoms with van der Waals surface area (Å²) in [4.78, 5) is 8.95. The van der Waals surface area contributed by atoms with E-state index >= 15 is 0 Å². The Balaban J connectivity index is 0.000000204. The molecule has 0 fully saturated rings. The molecule has 0 unspecified atom stereocenters. The van der Waals surface area contributed by atoms with Crippen LogP contribution in [0.15, 0.2) is 109 Å². The molecule has 0 N–H and O–H groups in total. The first-order valence-corrected chi connectivity index (χ1v) is 24.3. The summed E-state index contributed by atoms with van der Waals surface area (Å²) in [5.74, 6) is 5.71. The maximum Gasteiger partial charge on any atom is 0.143 e. The van der Waals surface area contributed by atoms with Crippen LogP contribution < -0.4 is 4.40 Å². The van der Waals surface area contributed by atoms with E-state index in [1.165, 1.54) is 47.8 Å². The van der Waals surface area contributed by atoms with Crippen molar-refractivity contribution in [2.45, 2.75) is 43.9 Å². The molecule has 0 saturated heterocycles. The molecular formula is C43H37FGeIrN2S-2. The first kappa shape index (κ1) is 33.7. The standard InChI is InChI=1S/C28H19FNS.C15H18GeN.Ir/c1-16(2)22-13-26(30-15-25(22)29)21-9-5-8-20-24-12-18-11-10-17-6-3-4-7-19(17)23(18)14-27(24)31-28(20)21;1-12-10-15(13-8-6-5-7-9-13)17-11-14(12)16(2,3)4;/h3-8,10-16H,1-2H3;5-8,10-11H,1-4H3;/q2*-1;/i16D;;. The van der Waals surface area contributed by atoms with Gasteiger partial charge in [-0.05, 0) is 60.9 Å². The summed E-state index contributed by atoms with van der Waals surface area (Å²) in [6.45, 7) is 5.57. The number of hydrogen-bond acceptors (Lipinski definition) is 3. The summed E-state index contributed by atoms with van der Waals surface area (Å²) in [6.07, 6.45) is 3.30. The Hall–Kier alpha value is -3.74. The second-order valence-corrected chi connectivity index (χ2v) is 25.1. The average Bonchev–Trinajstić information content (AvgIpc) is 3.45. The molecule has 0 atom stereocenters. The monoisotopic (exact) mass is 900 g/mol. The molecule has 2 nitrogen and oxygen atoms in total. The van der Waals surface area contributed by atoms with Crippen molar-refractivity contribution in [3.63, 3.8) is 0 Å². The van der Waals surface area contributed by atoms with E-state index in [1.807, 2.05) is 24.3 Å². The Morgan fingerprint density at radius 3 is 2.24 bits per heavy atom. The fraction of sp³-hybridized carbons (Fsp3) is 0.163. The van der Waals surface area contributed by atoms with Gasteiger partial charge in [-0.2, -0.15) is 11.3 Å². The molecule has 8 rings (SSSR count). The fourth-order valence-corrected chi connectivity index (χ4v) is 11.2. The minimum atomic E-state index is -1.77. The Morgan fingerprint density at radius 2 is 1.51 bits per heavy atom. The van der Waals surface area contributed by atoms with Gasteiger partial charge in [-0.25, -0.2) is 4.39 Å². The van der Waals surface area contributed by atoms with Gasteiger partial charge in [-0.3, -0.25) is 0 Å². The van der Waals surface area contributed by atoms with Crippen LogP contribution in [0.5, 0.6) is 0 Å². The number of pyridine rings is 2. The van der Waals surface area contributed by atoms with Crippen LogP contribution in [0.25, 0.3) is 64.2 Å². The molecule has 0 aliphatic heterocycles. The third kappa shape index (κ3) is 7.00. The molecule has 8 aromatic rings. The molecule has 6 heteroatoms. The van der Waals surface area contributed by atoms with Gasteiger partial charge in [0.05, 0.1) is 6.20 Å². The van der Waals surface area contributed by atoms with E-state index in [-0.39, 0.29) is 20.1 Å². The summed E-state index contributed by atoms with van der Waals surface area (Å²) >= 11 is -0.0604. The van der Waals surface area contributed by atoms with Crippen LogP contribution in [0.3, 0.4) is 0 Å². The zero-order valence-corrected chi connectivity index (χ0v) is 33.7. The maximum atomic E-state index is 14.4. The Bertz CT molecular complexity index is 2500. The molecule has 0 spiro atoms. The zero-order valence-electron chi connectivity index (χ0n) is 29.4. The minimum absolute atomic E-state index is 0. The van der Waals surface area contributed by atoms with Crippen molar-refractivity contribution in [1.29, 1.82) is 0 Å². The van der Waals surface area contributed by atoms with Crippen LogP contribution in [-0.4, -0.2) is 23.2 Å².